The summed E-state index contributed by atoms with van der Waals surface area (Å²) < 4.78 is 5.09. The minimum absolute atomic E-state index is 0.261. The number of anilines is 1. The Labute approximate surface area is 101 Å². The van der Waals surface area contributed by atoms with Gasteiger partial charge in [-0.3, -0.25) is 0 Å². The van der Waals surface area contributed by atoms with Crippen LogP contribution in [0.4, 0.5) is 5.82 Å². The predicted molar refractivity (Wildman–Crippen MR) is 66.3 cm³/mol. The molecule has 0 saturated carbocycles. The number of aryl methyl sites for hydroxylation is 1. The number of nitrogens with zero attached hydrogens (tertiary/aromatic N) is 2. The molecular weight excluding hydrogens is 226 g/mol. The molecule has 0 aliphatic carbocycles. The molecule has 0 aliphatic heterocycles. The van der Waals surface area contributed by atoms with Gasteiger partial charge in [0.15, 0.2) is 0 Å². The molecule has 0 amide bonds. The molecule has 0 aromatic carbocycles. The lowest BCUT2D eigenvalue weighted by Crippen LogP contribution is -2.25. The van der Waals surface area contributed by atoms with E-state index in [4.69, 9.17) is 16.3 Å². The summed E-state index contributed by atoms with van der Waals surface area (Å²) in [7, 11) is 1.59. The Hall–Kier alpha value is -1.03. The van der Waals surface area contributed by atoms with Crippen LogP contribution in [0.1, 0.15) is 19.7 Å². The van der Waals surface area contributed by atoms with Crippen LogP contribution in [0, 0.1) is 12.8 Å². The smallest absolute Gasteiger partial charge is 0.218 e. The molecule has 16 heavy (non-hydrogen) atoms. The molecule has 0 spiro atoms. The van der Waals surface area contributed by atoms with Crippen molar-refractivity contribution in [2.45, 2.75) is 26.8 Å². The van der Waals surface area contributed by atoms with Crippen molar-refractivity contribution in [1.29, 1.82) is 0 Å². The summed E-state index contributed by atoms with van der Waals surface area (Å²) in [6.45, 7) is 6.01. The molecular formula is C11H18ClN3O. The van der Waals surface area contributed by atoms with Gasteiger partial charge in [0.1, 0.15) is 11.6 Å². The zero-order valence-electron chi connectivity index (χ0n) is 10.1. The van der Waals surface area contributed by atoms with Gasteiger partial charge in [-0.1, -0.05) is 6.92 Å². The van der Waals surface area contributed by atoms with Gasteiger partial charge in [-0.15, -0.1) is 11.6 Å². The molecule has 0 radical (unpaired) electrons. The van der Waals surface area contributed by atoms with E-state index in [9.17, 15) is 0 Å². The Morgan fingerprint density at radius 3 is 2.69 bits per heavy atom. The molecule has 1 N–H and O–H groups in total. The number of rotatable bonds is 5. The molecule has 1 aromatic heterocycles. The first kappa shape index (κ1) is 13.0. The average molecular weight is 244 g/mol. The van der Waals surface area contributed by atoms with E-state index in [1.54, 1.807) is 13.2 Å². The third-order valence-electron chi connectivity index (χ3n) is 2.50. The molecule has 1 heterocycles. The van der Waals surface area contributed by atoms with Gasteiger partial charge >= 0.3 is 0 Å². The van der Waals surface area contributed by atoms with Crippen LogP contribution >= 0.6 is 11.6 Å². The lowest BCUT2D eigenvalue weighted by molar-refractivity contribution is 0.395. The first-order valence-corrected chi connectivity index (χ1v) is 5.82. The number of alkyl halides is 1. The Morgan fingerprint density at radius 2 is 2.12 bits per heavy atom. The normalized spacial score (nSPS) is 14.3. The molecule has 5 heteroatoms. The molecule has 0 aliphatic rings. The lowest BCUT2D eigenvalue weighted by atomic mass is 10.1. The van der Waals surface area contributed by atoms with Gasteiger partial charge in [-0.05, 0) is 19.8 Å². The summed E-state index contributed by atoms with van der Waals surface area (Å²) in [5.74, 6) is 3.03. The van der Waals surface area contributed by atoms with Crippen molar-refractivity contribution < 1.29 is 4.74 Å². The summed E-state index contributed by atoms with van der Waals surface area (Å²) in [6, 6.07) is 2.04. The van der Waals surface area contributed by atoms with E-state index < -0.39 is 0 Å². The van der Waals surface area contributed by atoms with E-state index in [0.717, 1.165) is 5.82 Å². The second-order valence-corrected chi connectivity index (χ2v) is 4.22. The van der Waals surface area contributed by atoms with Crippen molar-refractivity contribution in [2.75, 3.05) is 18.3 Å². The number of methoxy groups -OCH3 is 1. The molecule has 1 aromatic rings. The highest BCUT2D eigenvalue weighted by atomic mass is 35.5. The third kappa shape index (κ3) is 3.52. The summed E-state index contributed by atoms with van der Waals surface area (Å²) in [4.78, 5) is 8.42. The van der Waals surface area contributed by atoms with Gasteiger partial charge in [0, 0.05) is 18.0 Å². The summed E-state index contributed by atoms with van der Waals surface area (Å²) in [5.41, 5.74) is 0. The number of aromatic nitrogens is 2. The van der Waals surface area contributed by atoms with Crippen LogP contribution in [0.3, 0.4) is 0 Å². The maximum atomic E-state index is 5.81. The van der Waals surface area contributed by atoms with Crippen LogP contribution < -0.4 is 10.1 Å². The van der Waals surface area contributed by atoms with E-state index in [1.807, 2.05) is 6.92 Å². The second-order valence-electron chi connectivity index (χ2n) is 3.91. The molecule has 90 valence electrons. The van der Waals surface area contributed by atoms with E-state index in [0.29, 0.717) is 23.5 Å². The maximum absolute atomic E-state index is 5.81. The Bertz CT molecular complexity index is 346. The number of ether oxygens (including phenoxy) is 1. The number of halogens is 1. The highest BCUT2D eigenvalue weighted by molar-refractivity contribution is 6.18. The monoisotopic (exact) mass is 243 g/mol. The van der Waals surface area contributed by atoms with E-state index in [1.165, 1.54) is 0 Å². The Kier molecular flexibility index (Phi) is 4.80. The molecule has 2 atom stereocenters. The summed E-state index contributed by atoms with van der Waals surface area (Å²) in [6.07, 6.45) is 0. The van der Waals surface area contributed by atoms with Crippen molar-refractivity contribution >= 4 is 17.4 Å². The number of hydrogen-bond acceptors (Lipinski definition) is 4. The van der Waals surface area contributed by atoms with E-state index in [2.05, 4.69) is 29.1 Å². The molecule has 4 nitrogen and oxygen atoms in total. The van der Waals surface area contributed by atoms with E-state index >= 15 is 0 Å². The first-order valence-electron chi connectivity index (χ1n) is 5.29. The van der Waals surface area contributed by atoms with Crippen molar-refractivity contribution in [1.82, 2.24) is 9.97 Å². The standard InChI is InChI=1S/C11H18ClN3O/c1-7(6-12)8(2)13-10-5-11(16-4)15-9(3)14-10/h5,7-8H,6H2,1-4H3,(H,13,14,15). The topological polar surface area (TPSA) is 47.0 Å². The quantitative estimate of drug-likeness (QED) is 0.808. The fourth-order valence-electron chi connectivity index (χ4n) is 1.23. The van der Waals surface area contributed by atoms with Crippen LogP contribution in [-0.4, -0.2) is 29.0 Å². The zero-order chi connectivity index (χ0) is 12.1. The van der Waals surface area contributed by atoms with Crippen molar-refractivity contribution in [3.8, 4) is 5.88 Å². The predicted octanol–water partition coefficient (Wildman–Crippen LogP) is 2.47. The summed E-state index contributed by atoms with van der Waals surface area (Å²) >= 11 is 5.81. The van der Waals surface area contributed by atoms with E-state index in [-0.39, 0.29) is 6.04 Å². The van der Waals surface area contributed by atoms with Crippen LogP contribution in [0.2, 0.25) is 0 Å². The fourth-order valence-corrected chi connectivity index (χ4v) is 1.50. The highest BCUT2D eigenvalue weighted by Crippen LogP contribution is 2.16. The Morgan fingerprint density at radius 1 is 1.44 bits per heavy atom. The highest BCUT2D eigenvalue weighted by Gasteiger charge is 2.12. The minimum atomic E-state index is 0.261. The lowest BCUT2D eigenvalue weighted by Gasteiger charge is -2.19. The zero-order valence-corrected chi connectivity index (χ0v) is 10.9. The van der Waals surface area contributed by atoms with Crippen LogP contribution in [0.25, 0.3) is 0 Å². The SMILES string of the molecule is COc1cc(NC(C)C(C)CCl)nc(C)n1. The number of nitrogens with one attached hydrogen (secondary N) is 1. The fraction of sp³-hybridized carbons (Fsp3) is 0.636. The van der Waals surface area contributed by atoms with Gasteiger partial charge in [-0.2, -0.15) is 4.98 Å². The molecule has 0 fully saturated rings. The average Bonchev–Trinajstić information content (AvgIpc) is 2.26. The maximum Gasteiger partial charge on any atom is 0.218 e. The van der Waals surface area contributed by atoms with Gasteiger partial charge in [0.2, 0.25) is 5.88 Å². The minimum Gasteiger partial charge on any atom is -0.481 e. The largest absolute Gasteiger partial charge is 0.481 e. The second kappa shape index (κ2) is 5.89. The number of hydrogen-bond donors (Lipinski definition) is 1. The molecule has 1 rings (SSSR count). The van der Waals surface area contributed by atoms with Gasteiger partial charge < -0.3 is 10.1 Å². The Balaban J connectivity index is 2.76. The first-order chi connectivity index (χ1) is 7.56. The van der Waals surface area contributed by atoms with Crippen molar-refractivity contribution in [2.24, 2.45) is 5.92 Å². The molecule has 0 saturated heterocycles. The third-order valence-corrected chi connectivity index (χ3v) is 2.98. The summed E-state index contributed by atoms with van der Waals surface area (Å²) in [5, 5.41) is 3.29. The van der Waals surface area contributed by atoms with Crippen molar-refractivity contribution in [3.05, 3.63) is 11.9 Å². The van der Waals surface area contributed by atoms with Gasteiger partial charge in [-0.25, -0.2) is 4.98 Å². The van der Waals surface area contributed by atoms with Crippen LogP contribution in [0.15, 0.2) is 6.07 Å². The molecule has 2 unspecified atom stereocenters. The molecule has 0 bridgehead atoms. The van der Waals surface area contributed by atoms with Crippen molar-refractivity contribution in [3.63, 3.8) is 0 Å². The van der Waals surface area contributed by atoms with Gasteiger partial charge in [0.05, 0.1) is 7.11 Å². The van der Waals surface area contributed by atoms with Gasteiger partial charge in [0.25, 0.3) is 0 Å². The van der Waals surface area contributed by atoms with Crippen LogP contribution in [-0.2, 0) is 0 Å². The van der Waals surface area contributed by atoms with Crippen LogP contribution in [0.5, 0.6) is 5.88 Å².